The van der Waals surface area contributed by atoms with Gasteiger partial charge in [0, 0.05) is 12.8 Å². The lowest BCUT2D eigenvalue weighted by Gasteiger charge is -2.27. The maximum atomic E-state index is 13.9. The summed E-state index contributed by atoms with van der Waals surface area (Å²) in [6.45, 7) is 3.66. The Hall–Kier alpha value is -2.87. The molecule has 3 heterocycles. The van der Waals surface area contributed by atoms with Gasteiger partial charge in [-0.25, -0.2) is 14.4 Å². The van der Waals surface area contributed by atoms with Crippen LogP contribution in [0.5, 0.6) is 5.75 Å². The molecule has 0 amide bonds. The number of halogens is 1. The minimum atomic E-state index is -4.09. The number of nitrogens with one attached hydrogen (secondary N) is 2. The van der Waals surface area contributed by atoms with E-state index in [1.54, 1.807) is 44.2 Å². The number of esters is 1. The number of hydrogen-bond donors (Lipinski definition) is 2. The fourth-order valence-electron chi connectivity index (χ4n) is 3.93. The summed E-state index contributed by atoms with van der Waals surface area (Å²) in [4.78, 5) is 37.6. The summed E-state index contributed by atoms with van der Waals surface area (Å²) < 4.78 is 62.2. The van der Waals surface area contributed by atoms with Gasteiger partial charge in [0.05, 0.1) is 32.1 Å². The van der Waals surface area contributed by atoms with Crippen molar-refractivity contribution in [1.82, 2.24) is 14.6 Å². The number of benzene rings is 1. The van der Waals surface area contributed by atoms with Crippen molar-refractivity contribution >= 4 is 13.7 Å². The van der Waals surface area contributed by atoms with Gasteiger partial charge in [-0.3, -0.25) is 23.7 Å². The van der Waals surface area contributed by atoms with Crippen LogP contribution in [0.25, 0.3) is 0 Å². The van der Waals surface area contributed by atoms with Crippen molar-refractivity contribution in [2.45, 2.75) is 57.5 Å². The maximum Gasteiger partial charge on any atom is 0.459 e. The van der Waals surface area contributed by atoms with Crippen LogP contribution in [0.3, 0.4) is 0 Å². The molecule has 5 atom stereocenters. The monoisotopic (exact) mass is 557 g/mol. The van der Waals surface area contributed by atoms with Gasteiger partial charge < -0.3 is 23.5 Å². The van der Waals surface area contributed by atoms with E-state index in [4.69, 9.17) is 28.0 Å². The van der Waals surface area contributed by atoms with Gasteiger partial charge in [0.1, 0.15) is 24.2 Å². The number of carbonyl (C=O) groups is 1. The summed E-state index contributed by atoms with van der Waals surface area (Å²) in [5.74, 6) is -1.47. The highest BCUT2D eigenvalue weighted by Crippen LogP contribution is 2.46. The highest BCUT2D eigenvalue weighted by atomic mass is 31.2. The number of nitrogens with zero attached hydrogens (tertiary/aromatic N) is 1. The topological polar surface area (TPSA) is 156 Å². The average Bonchev–Trinajstić information content (AvgIpc) is 3.56. The molecule has 2 aliphatic rings. The molecule has 0 saturated carbocycles. The molecule has 2 fully saturated rings. The molecule has 0 spiro atoms. The standard InChI is InChI=1S/C23H29FN3O10P/c1-3-20(28)36-17-11-19(27-12-16(24)21(29)25-23(27)30)35-18(17)13-34-38(31,37-15-7-5-4-6-8-15)26-14(2)22-32-9-10-33-22/h4-8,12,14,17-19,22H,3,9-11,13H2,1-2H3,(H,26,31)(H,25,29,30)/t14-,17-,18+,19+,38?/m0/s1. The molecule has 0 radical (unpaired) electrons. The van der Waals surface area contributed by atoms with Gasteiger partial charge in [0.25, 0.3) is 5.56 Å². The Morgan fingerprint density at radius 2 is 1.97 bits per heavy atom. The number of aromatic nitrogens is 2. The second-order valence-electron chi connectivity index (χ2n) is 8.62. The Balaban J connectivity index is 1.53. The number of H-pyrrole nitrogens is 1. The molecular weight excluding hydrogens is 528 g/mol. The Morgan fingerprint density at radius 1 is 1.26 bits per heavy atom. The largest absolute Gasteiger partial charge is 0.459 e. The number of carbonyl (C=O) groups excluding carboxylic acids is 1. The molecule has 2 N–H and O–H groups in total. The summed E-state index contributed by atoms with van der Waals surface area (Å²) in [5.41, 5.74) is -2.08. The Labute approximate surface area is 216 Å². The van der Waals surface area contributed by atoms with E-state index in [0.717, 1.165) is 4.57 Å². The molecule has 1 aromatic heterocycles. The summed E-state index contributed by atoms with van der Waals surface area (Å²) in [6.07, 6.45) is -3.00. The SMILES string of the molecule is CCC(=O)O[C@H]1C[C@H](n2cc(F)c(=O)[nH]c2=O)O[C@@H]1COP(=O)(N[C@@H](C)C1OCCO1)Oc1ccccc1. The zero-order valence-electron chi connectivity index (χ0n) is 20.7. The van der Waals surface area contributed by atoms with Crippen LogP contribution >= 0.6 is 7.75 Å². The molecule has 0 bridgehead atoms. The lowest BCUT2D eigenvalue weighted by Crippen LogP contribution is -2.38. The second kappa shape index (κ2) is 12.3. The lowest BCUT2D eigenvalue weighted by atomic mass is 10.2. The average molecular weight is 557 g/mol. The van der Waals surface area contributed by atoms with E-state index in [9.17, 15) is 23.3 Å². The van der Waals surface area contributed by atoms with Gasteiger partial charge in [-0.15, -0.1) is 0 Å². The van der Waals surface area contributed by atoms with E-state index in [2.05, 4.69) is 5.09 Å². The number of rotatable bonds is 11. The van der Waals surface area contributed by atoms with Gasteiger partial charge in [-0.1, -0.05) is 25.1 Å². The first kappa shape index (κ1) is 28.1. The van der Waals surface area contributed by atoms with Crippen molar-refractivity contribution in [1.29, 1.82) is 0 Å². The van der Waals surface area contributed by atoms with Crippen LogP contribution in [0.4, 0.5) is 4.39 Å². The predicted molar refractivity (Wildman–Crippen MR) is 129 cm³/mol. The fraction of sp³-hybridized carbons (Fsp3) is 0.522. The quantitative estimate of drug-likeness (QED) is 0.307. The minimum absolute atomic E-state index is 0.0530. The Bertz CT molecular complexity index is 1270. The molecule has 4 rings (SSSR count). The van der Waals surface area contributed by atoms with Crippen molar-refractivity contribution in [3.05, 3.63) is 63.2 Å². The number of hydrogen-bond acceptors (Lipinski definition) is 10. The Kier molecular flexibility index (Phi) is 9.13. The number of ether oxygens (including phenoxy) is 4. The van der Waals surface area contributed by atoms with E-state index in [-0.39, 0.29) is 18.6 Å². The molecule has 2 aliphatic heterocycles. The van der Waals surface area contributed by atoms with Gasteiger partial charge in [-0.2, -0.15) is 4.39 Å². The zero-order chi connectivity index (χ0) is 27.3. The lowest BCUT2D eigenvalue weighted by molar-refractivity contribution is -0.152. The third-order valence-electron chi connectivity index (χ3n) is 5.78. The van der Waals surface area contributed by atoms with Crippen LogP contribution in [0.2, 0.25) is 0 Å². The first-order valence-corrected chi connectivity index (χ1v) is 13.6. The predicted octanol–water partition coefficient (Wildman–Crippen LogP) is 1.84. The van der Waals surface area contributed by atoms with Crippen LogP contribution < -0.4 is 20.9 Å². The highest BCUT2D eigenvalue weighted by Gasteiger charge is 2.42. The molecule has 2 aromatic rings. The highest BCUT2D eigenvalue weighted by molar-refractivity contribution is 7.52. The van der Waals surface area contributed by atoms with Crippen molar-refractivity contribution in [3.63, 3.8) is 0 Å². The third-order valence-corrected chi connectivity index (χ3v) is 7.45. The number of aromatic amines is 1. The molecule has 13 nitrogen and oxygen atoms in total. The van der Waals surface area contributed by atoms with Crippen molar-refractivity contribution in [3.8, 4) is 5.75 Å². The normalized spacial score (nSPS) is 24.1. The first-order chi connectivity index (χ1) is 18.2. The summed E-state index contributed by atoms with van der Waals surface area (Å²) in [5, 5.41) is 2.79. The van der Waals surface area contributed by atoms with E-state index in [1.807, 2.05) is 4.98 Å². The summed E-state index contributed by atoms with van der Waals surface area (Å²) in [6, 6.07) is 7.73. The molecule has 1 aromatic carbocycles. The van der Waals surface area contributed by atoms with Gasteiger partial charge >= 0.3 is 19.4 Å². The van der Waals surface area contributed by atoms with E-state index in [1.165, 1.54) is 0 Å². The van der Waals surface area contributed by atoms with Crippen LogP contribution in [0.1, 0.15) is 32.9 Å². The van der Waals surface area contributed by atoms with E-state index in [0.29, 0.717) is 19.4 Å². The Morgan fingerprint density at radius 3 is 2.66 bits per heavy atom. The molecule has 208 valence electrons. The van der Waals surface area contributed by atoms with E-state index >= 15 is 0 Å². The van der Waals surface area contributed by atoms with Gasteiger partial charge in [-0.05, 0) is 19.1 Å². The number of para-hydroxylation sites is 1. The smallest absolute Gasteiger partial charge is 0.459 e. The maximum absolute atomic E-state index is 13.9. The second-order valence-corrected chi connectivity index (χ2v) is 10.3. The van der Waals surface area contributed by atoms with Gasteiger partial charge in [0.2, 0.25) is 5.82 Å². The minimum Gasteiger partial charge on any atom is -0.459 e. The molecule has 2 saturated heterocycles. The van der Waals surface area contributed by atoms with Crippen LogP contribution in [-0.2, 0) is 32.8 Å². The van der Waals surface area contributed by atoms with Crippen molar-refractivity contribution < 1.29 is 41.7 Å². The zero-order valence-corrected chi connectivity index (χ0v) is 21.6. The van der Waals surface area contributed by atoms with Crippen LogP contribution in [0, 0.1) is 5.82 Å². The van der Waals surface area contributed by atoms with Gasteiger partial charge in [0.15, 0.2) is 6.29 Å². The summed E-state index contributed by atoms with van der Waals surface area (Å²) in [7, 11) is -4.09. The van der Waals surface area contributed by atoms with Crippen molar-refractivity contribution in [2.24, 2.45) is 0 Å². The molecular formula is C23H29FN3O10P. The molecule has 15 heteroatoms. The fourth-order valence-corrected chi connectivity index (χ4v) is 5.47. The van der Waals surface area contributed by atoms with Crippen LogP contribution in [0.15, 0.2) is 46.1 Å². The molecule has 1 unspecified atom stereocenters. The summed E-state index contributed by atoms with van der Waals surface area (Å²) >= 11 is 0. The van der Waals surface area contributed by atoms with Crippen LogP contribution in [-0.4, -0.2) is 59.9 Å². The third kappa shape index (κ3) is 6.95. The molecule has 0 aliphatic carbocycles. The van der Waals surface area contributed by atoms with E-state index < -0.39 is 68.2 Å². The van der Waals surface area contributed by atoms with Crippen molar-refractivity contribution in [2.75, 3.05) is 19.8 Å². The first-order valence-electron chi connectivity index (χ1n) is 12.0. The molecule has 38 heavy (non-hydrogen) atoms.